The number of nitrogens with one attached hydrogen (secondary N) is 1. The van der Waals surface area contributed by atoms with Gasteiger partial charge in [-0.25, -0.2) is 8.42 Å². The highest BCUT2D eigenvalue weighted by atomic mass is 32.2. The van der Waals surface area contributed by atoms with Gasteiger partial charge in [-0.05, 0) is 30.2 Å². The van der Waals surface area contributed by atoms with Crippen LogP contribution in [0.3, 0.4) is 0 Å². The summed E-state index contributed by atoms with van der Waals surface area (Å²) in [5.41, 5.74) is 1.05. The molecule has 0 unspecified atom stereocenters. The zero-order valence-corrected chi connectivity index (χ0v) is 19.7. The minimum absolute atomic E-state index is 0.00783. The molecule has 0 saturated carbocycles. The predicted molar refractivity (Wildman–Crippen MR) is 119 cm³/mol. The van der Waals surface area contributed by atoms with Crippen LogP contribution in [0.5, 0.6) is 11.5 Å². The zero-order chi connectivity index (χ0) is 22.8. The van der Waals surface area contributed by atoms with Gasteiger partial charge >= 0.3 is 0 Å². The lowest BCUT2D eigenvalue weighted by atomic mass is 9.80. The Morgan fingerprint density at radius 2 is 1.84 bits per heavy atom. The number of methoxy groups -OCH3 is 2. The molecular formula is C23H31NO6S. The highest BCUT2D eigenvalue weighted by Gasteiger charge is 2.40. The van der Waals surface area contributed by atoms with Crippen LogP contribution in [0.15, 0.2) is 47.4 Å². The molecule has 1 saturated heterocycles. The van der Waals surface area contributed by atoms with Crippen LogP contribution >= 0.6 is 0 Å². The quantitative estimate of drug-likeness (QED) is 0.665. The summed E-state index contributed by atoms with van der Waals surface area (Å²) in [6.07, 6.45) is -0.538. The third kappa shape index (κ3) is 5.14. The second-order valence-electron chi connectivity index (χ2n) is 8.68. The zero-order valence-electron chi connectivity index (χ0n) is 18.8. The van der Waals surface area contributed by atoms with E-state index >= 15 is 0 Å². The molecule has 1 fully saturated rings. The van der Waals surface area contributed by atoms with E-state index in [2.05, 4.69) is 32.4 Å². The summed E-state index contributed by atoms with van der Waals surface area (Å²) in [7, 11) is -1.02. The molecule has 0 spiro atoms. The van der Waals surface area contributed by atoms with Crippen molar-refractivity contribution >= 4 is 15.7 Å². The fourth-order valence-electron chi connectivity index (χ4n) is 3.92. The number of rotatable bonds is 7. The maximum absolute atomic E-state index is 13.1. The van der Waals surface area contributed by atoms with Gasteiger partial charge in [0.05, 0.1) is 26.9 Å². The van der Waals surface area contributed by atoms with Crippen LogP contribution in [0.4, 0.5) is 5.69 Å². The lowest BCUT2D eigenvalue weighted by Crippen LogP contribution is -2.45. The van der Waals surface area contributed by atoms with Gasteiger partial charge in [0.15, 0.2) is 6.29 Å². The summed E-state index contributed by atoms with van der Waals surface area (Å²) in [4.78, 5) is -0.00783. The summed E-state index contributed by atoms with van der Waals surface area (Å²) < 4.78 is 51.3. The largest absolute Gasteiger partial charge is 0.497 e. The summed E-state index contributed by atoms with van der Waals surface area (Å²) in [6.45, 7) is 9.05. The molecule has 0 aromatic heterocycles. The molecule has 31 heavy (non-hydrogen) atoms. The second kappa shape index (κ2) is 9.06. The van der Waals surface area contributed by atoms with Gasteiger partial charge in [-0.1, -0.05) is 39.8 Å². The monoisotopic (exact) mass is 449 g/mol. The Hall–Kier alpha value is -2.29. The van der Waals surface area contributed by atoms with E-state index in [0.717, 1.165) is 5.56 Å². The number of hydrogen-bond donors (Lipinski definition) is 1. The van der Waals surface area contributed by atoms with Crippen LogP contribution in [0.25, 0.3) is 0 Å². The third-order valence-electron chi connectivity index (χ3n) is 5.32. The van der Waals surface area contributed by atoms with Gasteiger partial charge in [0, 0.05) is 22.7 Å². The summed E-state index contributed by atoms with van der Waals surface area (Å²) in [6, 6.07) is 11.7. The van der Waals surface area contributed by atoms with Gasteiger partial charge in [-0.2, -0.15) is 0 Å². The average Bonchev–Trinajstić information content (AvgIpc) is 2.72. The molecule has 0 aliphatic carbocycles. The molecule has 0 bridgehead atoms. The number of benzene rings is 2. The minimum atomic E-state index is -3.92. The van der Waals surface area contributed by atoms with Crippen molar-refractivity contribution in [2.45, 2.75) is 45.0 Å². The number of sulfonamides is 1. The molecular weight excluding hydrogens is 418 g/mol. The van der Waals surface area contributed by atoms with Gasteiger partial charge in [0.1, 0.15) is 16.4 Å². The molecule has 170 valence electrons. The first-order valence-electron chi connectivity index (χ1n) is 10.2. The van der Waals surface area contributed by atoms with Crippen molar-refractivity contribution in [2.24, 2.45) is 11.3 Å². The lowest BCUT2D eigenvalue weighted by Gasteiger charge is -2.44. The van der Waals surface area contributed by atoms with Crippen LogP contribution in [0.1, 0.15) is 39.5 Å². The highest BCUT2D eigenvalue weighted by molar-refractivity contribution is 7.92. The fourth-order valence-corrected chi connectivity index (χ4v) is 5.15. The maximum atomic E-state index is 13.1. The second-order valence-corrected chi connectivity index (χ2v) is 10.3. The van der Waals surface area contributed by atoms with Gasteiger partial charge in [0.2, 0.25) is 0 Å². The lowest BCUT2D eigenvalue weighted by molar-refractivity contribution is -0.274. The molecule has 2 aromatic carbocycles. The molecule has 0 amide bonds. The molecule has 2 aromatic rings. The van der Waals surface area contributed by atoms with Crippen LogP contribution in [-0.2, 0) is 19.5 Å². The van der Waals surface area contributed by atoms with Crippen LogP contribution < -0.4 is 14.2 Å². The Balaban J connectivity index is 1.86. The van der Waals surface area contributed by atoms with E-state index in [1.54, 1.807) is 30.3 Å². The smallest absolute Gasteiger partial charge is 0.265 e. The van der Waals surface area contributed by atoms with Crippen molar-refractivity contribution in [3.8, 4) is 11.5 Å². The normalized spacial score (nSPS) is 21.0. The Morgan fingerprint density at radius 1 is 1.10 bits per heavy atom. The van der Waals surface area contributed by atoms with E-state index in [9.17, 15) is 8.42 Å². The van der Waals surface area contributed by atoms with Crippen molar-refractivity contribution < 1.29 is 27.4 Å². The standard InChI is InChI=1S/C23H31NO6S/c1-15(2)21-23(3,4)14-29-22(30-21)16-8-7-9-17(12-16)24-31(25,26)20-13-18(27-5)10-11-19(20)28-6/h7-13,15,21-22,24H,14H2,1-6H3/t21-,22-/m1/s1. The first kappa shape index (κ1) is 23.4. The van der Waals surface area contributed by atoms with Crippen LogP contribution in [-0.4, -0.2) is 35.3 Å². The number of ether oxygens (including phenoxy) is 4. The highest BCUT2D eigenvalue weighted by Crippen LogP contribution is 2.40. The van der Waals surface area contributed by atoms with Crippen molar-refractivity contribution in [3.63, 3.8) is 0 Å². The van der Waals surface area contributed by atoms with Crippen LogP contribution in [0.2, 0.25) is 0 Å². The van der Waals surface area contributed by atoms with Gasteiger partial charge in [-0.15, -0.1) is 0 Å². The SMILES string of the molecule is COc1ccc(OC)c(S(=O)(=O)Nc2cccc([C@@H]3OCC(C)(C)[C@@H](C(C)C)O3)c2)c1. The molecule has 1 aliphatic rings. The molecule has 1 aliphatic heterocycles. The van der Waals surface area contributed by atoms with Crippen molar-refractivity contribution in [2.75, 3.05) is 25.5 Å². The summed E-state index contributed by atoms with van der Waals surface area (Å²) in [5, 5.41) is 0. The average molecular weight is 450 g/mol. The molecule has 0 radical (unpaired) electrons. The van der Waals surface area contributed by atoms with Crippen molar-refractivity contribution in [1.29, 1.82) is 0 Å². The predicted octanol–water partition coefficient (Wildman–Crippen LogP) is 4.60. The Labute approximate surface area is 184 Å². The fraction of sp³-hybridized carbons (Fsp3) is 0.478. The molecule has 8 heteroatoms. The summed E-state index contributed by atoms with van der Waals surface area (Å²) >= 11 is 0. The molecule has 2 atom stereocenters. The number of hydrogen-bond acceptors (Lipinski definition) is 6. The molecule has 1 heterocycles. The van der Waals surface area contributed by atoms with Gasteiger partial charge in [0.25, 0.3) is 10.0 Å². The van der Waals surface area contributed by atoms with E-state index in [4.69, 9.17) is 18.9 Å². The van der Waals surface area contributed by atoms with E-state index in [-0.39, 0.29) is 22.2 Å². The van der Waals surface area contributed by atoms with E-state index < -0.39 is 16.3 Å². The van der Waals surface area contributed by atoms with E-state index in [0.29, 0.717) is 24.0 Å². The Bertz CT molecular complexity index is 1020. The first-order valence-corrected chi connectivity index (χ1v) is 11.7. The molecule has 1 N–H and O–H groups in total. The van der Waals surface area contributed by atoms with E-state index in [1.807, 2.05) is 6.07 Å². The van der Waals surface area contributed by atoms with Crippen molar-refractivity contribution in [3.05, 3.63) is 48.0 Å². The van der Waals surface area contributed by atoms with Crippen molar-refractivity contribution in [1.82, 2.24) is 0 Å². The van der Waals surface area contributed by atoms with Crippen LogP contribution in [0, 0.1) is 11.3 Å². The minimum Gasteiger partial charge on any atom is -0.497 e. The Morgan fingerprint density at radius 3 is 2.48 bits per heavy atom. The summed E-state index contributed by atoms with van der Waals surface area (Å²) in [5.74, 6) is 0.968. The van der Waals surface area contributed by atoms with Gasteiger partial charge < -0.3 is 18.9 Å². The maximum Gasteiger partial charge on any atom is 0.265 e. The van der Waals surface area contributed by atoms with E-state index in [1.165, 1.54) is 20.3 Å². The molecule has 3 rings (SSSR count). The Kier molecular flexibility index (Phi) is 6.83. The van der Waals surface area contributed by atoms with Gasteiger partial charge in [-0.3, -0.25) is 4.72 Å². The topological polar surface area (TPSA) is 83.1 Å². The number of anilines is 1. The first-order chi connectivity index (χ1) is 14.6. The third-order valence-corrected chi connectivity index (χ3v) is 6.73. The molecule has 7 nitrogen and oxygen atoms in total.